The summed E-state index contributed by atoms with van der Waals surface area (Å²) < 4.78 is 18.6. The van der Waals surface area contributed by atoms with Crippen molar-refractivity contribution in [2.45, 2.75) is 13.8 Å². The van der Waals surface area contributed by atoms with Gasteiger partial charge in [-0.1, -0.05) is 6.07 Å². The van der Waals surface area contributed by atoms with E-state index in [1.165, 1.54) is 23.5 Å². The summed E-state index contributed by atoms with van der Waals surface area (Å²) in [6.07, 6.45) is 0. The molecule has 0 saturated carbocycles. The lowest BCUT2D eigenvalue weighted by Crippen LogP contribution is -2.07. The van der Waals surface area contributed by atoms with Gasteiger partial charge in [-0.05, 0) is 26.0 Å². The summed E-state index contributed by atoms with van der Waals surface area (Å²) in [4.78, 5) is 16.0. The van der Waals surface area contributed by atoms with Crippen LogP contribution in [0.1, 0.15) is 22.2 Å². The van der Waals surface area contributed by atoms with Crippen LogP contribution >= 0.6 is 11.3 Å². The highest BCUT2D eigenvalue weighted by atomic mass is 32.1. The summed E-state index contributed by atoms with van der Waals surface area (Å²) in [5.41, 5.74) is 0.405. The van der Waals surface area contributed by atoms with Crippen LogP contribution in [0.4, 0.5) is 4.39 Å². The Kier molecular flexibility index (Phi) is 3.80. The van der Waals surface area contributed by atoms with Crippen molar-refractivity contribution < 1.29 is 19.0 Å². The van der Waals surface area contributed by atoms with E-state index in [0.29, 0.717) is 15.4 Å². The summed E-state index contributed by atoms with van der Waals surface area (Å²) in [5.74, 6) is -1.41. The van der Waals surface area contributed by atoms with Crippen LogP contribution in [0, 0.1) is 12.7 Å². The molecule has 0 unspecified atom stereocenters. The molecule has 1 N–H and O–H groups in total. The molecule has 2 aromatic rings. The predicted octanol–water partition coefficient (Wildman–Crippen LogP) is 3.14. The van der Waals surface area contributed by atoms with E-state index >= 15 is 0 Å². The number of halogens is 1. The smallest absolute Gasteiger partial charge is 0.341 e. The molecule has 2 rings (SSSR count). The molecule has 0 aliphatic heterocycles. The molecule has 0 atom stereocenters. The molecule has 4 nitrogen and oxygen atoms in total. The Morgan fingerprint density at radius 3 is 2.79 bits per heavy atom. The van der Waals surface area contributed by atoms with Gasteiger partial charge in [0.05, 0.1) is 17.0 Å². The highest BCUT2D eigenvalue weighted by Gasteiger charge is 2.15. The monoisotopic (exact) mass is 281 g/mol. The van der Waals surface area contributed by atoms with E-state index in [9.17, 15) is 14.3 Å². The zero-order chi connectivity index (χ0) is 14.0. The molecule has 6 heteroatoms. The topological polar surface area (TPSA) is 59.4 Å². The van der Waals surface area contributed by atoms with Crippen LogP contribution in [0.25, 0.3) is 10.6 Å². The molecular weight excluding hydrogens is 269 g/mol. The van der Waals surface area contributed by atoms with Gasteiger partial charge in [0.25, 0.3) is 0 Å². The minimum absolute atomic E-state index is 0.0603. The maximum absolute atomic E-state index is 13.8. The molecule has 0 radical (unpaired) electrons. The number of aryl methyl sites for hydroxylation is 1. The van der Waals surface area contributed by atoms with E-state index in [2.05, 4.69) is 4.98 Å². The number of nitrogens with zero attached hydrogens (tertiary/aromatic N) is 1. The van der Waals surface area contributed by atoms with Gasteiger partial charge < -0.3 is 9.84 Å². The van der Waals surface area contributed by atoms with Gasteiger partial charge in [-0.3, -0.25) is 0 Å². The molecule has 19 heavy (non-hydrogen) atoms. The van der Waals surface area contributed by atoms with E-state index in [-0.39, 0.29) is 18.1 Å². The van der Waals surface area contributed by atoms with Crippen molar-refractivity contribution in [2.24, 2.45) is 0 Å². The third kappa shape index (κ3) is 2.73. The second-order valence-corrected chi connectivity index (χ2v) is 5.02. The van der Waals surface area contributed by atoms with E-state index in [1.54, 1.807) is 19.9 Å². The zero-order valence-electron chi connectivity index (χ0n) is 10.4. The van der Waals surface area contributed by atoms with Crippen molar-refractivity contribution >= 4 is 17.3 Å². The highest BCUT2D eigenvalue weighted by molar-refractivity contribution is 7.15. The predicted molar refractivity (Wildman–Crippen MR) is 69.9 cm³/mol. The Morgan fingerprint density at radius 1 is 1.53 bits per heavy atom. The molecular formula is C13H12FNO3S. The number of hydrogen-bond acceptors (Lipinski definition) is 5. The number of thiazole rings is 1. The van der Waals surface area contributed by atoms with Crippen molar-refractivity contribution in [1.29, 1.82) is 0 Å². The molecule has 0 bridgehead atoms. The summed E-state index contributed by atoms with van der Waals surface area (Å²) >= 11 is 1.26. The molecule has 0 amide bonds. The third-order valence-corrected chi connectivity index (χ3v) is 3.49. The number of carbonyl (C=O) groups excluding carboxylic acids is 1. The number of aromatic nitrogens is 1. The Labute approximate surface area is 113 Å². The van der Waals surface area contributed by atoms with Gasteiger partial charge in [0.15, 0.2) is 0 Å². The third-order valence-electron chi connectivity index (χ3n) is 2.48. The van der Waals surface area contributed by atoms with Crippen LogP contribution in [-0.2, 0) is 4.74 Å². The second-order valence-electron chi connectivity index (χ2n) is 3.81. The number of rotatable bonds is 3. The van der Waals surface area contributed by atoms with E-state index in [0.717, 1.165) is 0 Å². The van der Waals surface area contributed by atoms with Crippen molar-refractivity contribution in [2.75, 3.05) is 6.61 Å². The summed E-state index contributed by atoms with van der Waals surface area (Å²) in [6.45, 7) is 3.57. The first-order valence-electron chi connectivity index (χ1n) is 5.66. The van der Waals surface area contributed by atoms with Gasteiger partial charge in [0.2, 0.25) is 5.88 Å². The Balaban J connectivity index is 2.36. The molecule has 100 valence electrons. The van der Waals surface area contributed by atoms with Gasteiger partial charge in [-0.2, -0.15) is 0 Å². The van der Waals surface area contributed by atoms with Gasteiger partial charge in [-0.25, -0.2) is 14.2 Å². The number of esters is 1. The van der Waals surface area contributed by atoms with Gasteiger partial charge in [-0.15, -0.1) is 11.3 Å². The average Bonchev–Trinajstić information content (AvgIpc) is 2.69. The van der Waals surface area contributed by atoms with Crippen LogP contribution in [0.3, 0.4) is 0 Å². The van der Waals surface area contributed by atoms with E-state index < -0.39 is 11.8 Å². The second kappa shape index (κ2) is 5.36. The lowest BCUT2D eigenvalue weighted by Gasteiger charge is -2.04. The van der Waals surface area contributed by atoms with Crippen molar-refractivity contribution in [3.8, 4) is 16.5 Å². The maximum atomic E-state index is 13.8. The Morgan fingerprint density at radius 2 is 2.26 bits per heavy atom. The fourth-order valence-corrected chi connectivity index (χ4v) is 2.34. The number of benzene rings is 1. The summed E-state index contributed by atoms with van der Waals surface area (Å²) in [6, 6.07) is 4.15. The molecule has 0 aliphatic carbocycles. The first-order chi connectivity index (χ1) is 9.02. The fraction of sp³-hybridized carbons (Fsp3) is 0.231. The molecule has 1 heterocycles. The zero-order valence-corrected chi connectivity index (χ0v) is 11.3. The van der Waals surface area contributed by atoms with Crippen LogP contribution in [0.2, 0.25) is 0 Å². The summed E-state index contributed by atoms with van der Waals surface area (Å²) in [7, 11) is 0. The van der Waals surface area contributed by atoms with E-state index in [4.69, 9.17) is 4.74 Å². The van der Waals surface area contributed by atoms with Crippen LogP contribution in [0.15, 0.2) is 18.2 Å². The quantitative estimate of drug-likeness (QED) is 0.878. The van der Waals surface area contributed by atoms with Gasteiger partial charge >= 0.3 is 5.97 Å². The minimum atomic E-state index is -0.690. The number of aromatic hydroxyl groups is 1. The minimum Gasteiger partial charge on any atom is -0.492 e. The number of carbonyl (C=O) groups is 1. The highest BCUT2D eigenvalue weighted by Crippen LogP contribution is 2.31. The fourth-order valence-electron chi connectivity index (χ4n) is 1.53. The molecule has 1 aromatic heterocycles. The van der Waals surface area contributed by atoms with E-state index in [1.807, 2.05) is 0 Å². The largest absolute Gasteiger partial charge is 0.492 e. The summed E-state index contributed by atoms with van der Waals surface area (Å²) in [5, 5.41) is 9.92. The molecule has 0 aliphatic rings. The standard InChI is InChI=1S/C13H12FNO3S/c1-3-18-13(17)9-5-4-8(6-10(9)14)12-15-11(16)7(2)19-12/h4-6,16H,3H2,1-2H3. The Bertz CT molecular complexity index is 605. The average molecular weight is 281 g/mol. The van der Waals surface area contributed by atoms with Crippen molar-refractivity contribution in [3.63, 3.8) is 0 Å². The SMILES string of the molecule is CCOC(=O)c1ccc(-c2nc(O)c(C)s2)cc1F. The first kappa shape index (κ1) is 13.5. The van der Waals surface area contributed by atoms with Crippen LogP contribution < -0.4 is 0 Å². The lowest BCUT2D eigenvalue weighted by atomic mass is 10.1. The normalized spacial score (nSPS) is 10.5. The van der Waals surface area contributed by atoms with Crippen LogP contribution in [0.5, 0.6) is 5.88 Å². The molecule has 0 saturated heterocycles. The Hall–Kier alpha value is -1.95. The number of hydrogen-bond donors (Lipinski definition) is 1. The van der Waals surface area contributed by atoms with Gasteiger partial charge in [0, 0.05) is 5.56 Å². The molecule has 0 spiro atoms. The first-order valence-corrected chi connectivity index (χ1v) is 6.48. The van der Waals surface area contributed by atoms with Crippen molar-refractivity contribution in [1.82, 2.24) is 4.98 Å². The molecule has 0 fully saturated rings. The van der Waals surface area contributed by atoms with Gasteiger partial charge in [0.1, 0.15) is 10.8 Å². The molecule has 1 aromatic carbocycles. The van der Waals surface area contributed by atoms with Crippen molar-refractivity contribution in [3.05, 3.63) is 34.5 Å². The maximum Gasteiger partial charge on any atom is 0.341 e. The number of ether oxygens (including phenoxy) is 1. The van der Waals surface area contributed by atoms with Crippen LogP contribution in [-0.4, -0.2) is 22.7 Å². The lowest BCUT2D eigenvalue weighted by molar-refractivity contribution is 0.0521.